The van der Waals surface area contributed by atoms with Crippen molar-refractivity contribution in [2.45, 2.75) is 80.4 Å². The Labute approximate surface area is 146 Å². The molecule has 0 aromatic heterocycles. The van der Waals surface area contributed by atoms with Crippen LogP contribution in [0, 0.1) is 34.5 Å². The van der Waals surface area contributed by atoms with Gasteiger partial charge in [0.15, 0.2) is 5.41 Å². The number of hydrogen-bond acceptors (Lipinski definition) is 5. The topological polar surface area (TPSA) is 76.4 Å². The summed E-state index contributed by atoms with van der Waals surface area (Å²) >= 11 is 0. The third-order valence-electron chi connectivity index (χ3n) is 3.58. The van der Waals surface area contributed by atoms with Crippen LogP contribution in [0.5, 0.6) is 0 Å². The Morgan fingerprint density at radius 1 is 0.917 bits per heavy atom. The molecule has 0 radical (unpaired) electrons. The standard InChI is InChI=1S/C19H33NO4/c1-12(2)9-16(17(21)23-14(5)6)19(11-20,10-13(3)4)18(22)24-15(7)8/h12-16H,9-10H2,1-8H3. The van der Waals surface area contributed by atoms with Crippen molar-refractivity contribution in [3.63, 3.8) is 0 Å². The number of rotatable bonds is 9. The van der Waals surface area contributed by atoms with Gasteiger partial charge in [0.2, 0.25) is 0 Å². The SMILES string of the molecule is CC(C)CC(C(=O)OC(C)C)C(C#N)(CC(C)C)C(=O)OC(C)C. The summed E-state index contributed by atoms with van der Waals surface area (Å²) in [4.78, 5) is 25.5. The van der Waals surface area contributed by atoms with E-state index in [1.54, 1.807) is 27.7 Å². The molecule has 0 rings (SSSR count). The largest absolute Gasteiger partial charge is 0.463 e. The van der Waals surface area contributed by atoms with E-state index in [2.05, 4.69) is 6.07 Å². The number of carbonyl (C=O) groups excluding carboxylic acids is 2. The van der Waals surface area contributed by atoms with E-state index in [-0.39, 0.29) is 30.5 Å². The zero-order valence-corrected chi connectivity index (χ0v) is 16.4. The van der Waals surface area contributed by atoms with Gasteiger partial charge in [0.1, 0.15) is 0 Å². The molecule has 0 saturated heterocycles. The number of carbonyl (C=O) groups is 2. The van der Waals surface area contributed by atoms with E-state index in [0.29, 0.717) is 6.42 Å². The first-order valence-corrected chi connectivity index (χ1v) is 8.79. The van der Waals surface area contributed by atoms with Gasteiger partial charge in [-0.2, -0.15) is 5.26 Å². The first-order valence-electron chi connectivity index (χ1n) is 8.79. The Morgan fingerprint density at radius 3 is 1.75 bits per heavy atom. The molecule has 0 aliphatic rings. The molecule has 0 N–H and O–H groups in total. The van der Waals surface area contributed by atoms with Gasteiger partial charge in [-0.15, -0.1) is 0 Å². The van der Waals surface area contributed by atoms with Crippen LogP contribution in [0.1, 0.15) is 68.2 Å². The third kappa shape index (κ3) is 6.51. The van der Waals surface area contributed by atoms with E-state index < -0.39 is 23.3 Å². The Bertz CT molecular complexity index is 462. The van der Waals surface area contributed by atoms with Crippen LogP contribution in [0.4, 0.5) is 0 Å². The summed E-state index contributed by atoms with van der Waals surface area (Å²) in [5.74, 6) is -1.76. The molecule has 0 amide bonds. The molecule has 0 aromatic carbocycles. The van der Waals surface area contributed by atoms with Crippen molar-refractivity contribution in [2.75, 3.05) is 0 Å². The summed E-state index contributed by atoms with van der Waals surface area (Å²) in [6, 6.07) is 2.14. The molecule has 138 valence electrons. The smallest absolute Gasteiger partial charge is 0.327 e. The van der Waals surface area contributed by atoms with Gasteiger partial charge in [-0.05, 0) is 52.4 Å². The molecule has 24 heavy (non-hydrogen) atoms. The van der Waals surface area contributed by atoms with Gasteiger partial charge >= 0.3 is 11.9 Å². The van der Waals surface area contributed by atoms with E-state index in [1.807, 2.05) is 27.7 Å². The Morgan fingerprint density at radius 2 is 1.42 bits per heavy atom. The molecule has 0 heterocycles. The molecule has 5 heteroatoms. The van der Waals surface area contributed by atoms with Crippen LogP contribution < -0.4 is 0 Å². The predicted molar refractivity (Wildman–Crippen MR) is 92.9 cm³/mol. The lowest BCUT2D eigenvalue weighted by Crippen LogP contribution is -2.46. The number of ether oxygens (including phenoxy) is 2. The number of nitrogens with zero attached hydrogens (tertiary/aromatic N) is 1. The van der Waals surface area contributed by atoms with Gasteiger partial charge in [0.05, 0.1) is 24.2 Å². The summed E-state index contributed by atoms with van der Waals surface area (Å²) in [6.07, 6.45) is 0.0144. The maximum atomic E-state index is 12.8. The lowest BCUT2D eigenvalue weighted by atomic mass is 9.68. The average molecular weight is 339 g/mol. The normalized spacial score (nSPS) is 15.3. The highest BCUT2D eigenvalue weighted by molar-refractivity contribution is 5.88. The lowest BCUT2D eigenvalue weighted by Gasteiger charge is -2.34. The fraction of sp³-hybridized carbons (Fsp3) is 0.842. The van der Waals surface area contributed by atoms with Gasteiger partial charge in [-0.3, -0.25) is 9.59 Å². The monoisotopic (exact) mass is 339 g/mol. The molecular weight excluding hydrogens is 306 g/mol. The maximum absolute atomic E-state index is 12.8. The maximum Gasteiger partial charge on any atom is 0.327 e. The second kappa shape index (κ2) is 9.66. The lowest BCUT2D eigenvalue weighted by molar-refractivity contribution is -0.172. The Balaban J connectivity index is 6.00. The summed E-state index contributed by atoms with van der Waals surface area (Å²) in [6.45, 7) is 14.8. The summed E-state index contributed by atoms with van der Waals surface area (Å²) < 4.78 is 10.7. The molecule has 0 spiro atoms. The van der Waals surface area contributed by atoms with E-state index >= 15 is 0 Å². The van der Waals surface area contributed by atoms with Crippen LogP contribution in [0.3, 0.4) is 0 Å². The minimum absolute atomic E-state index is 0.0610. The minimum atomic E-state index is -1.52. The molecule has 0 fully saturated rings. The quantitative estimate of drug-likeness (QED) is 0.591. The first kappa shape index (κ1) is 22.4. The number of nitriles is 1. The Kier molecular flexibility index (Phi) is 9.03. The van der Waals surface area contributed by atoms with E-state index in [4.69, 9.17) is 9.47 Å². The first-order chi connectivity index (χ1) is 11.0. The molecule has 0 aliphatic carbocycles. The minimum Gasteiger partial charge on any atom is -0.463 e. The van der Waals surface area contributed by atoms with Crippen LogP contribution in [0.25, 0.3) is 0 Å². The molecule has 0 aliphatic heterocycles. The van der Waals surface area contributed by atoms with Gasteiger partial charge in [-0.25, -0.2) is 0 Å². The van der Waals surface area contributed by atoms with Gasteiger partial charge < -0.3 is 9.47 Å². The number of hydrogen-bond donors (Lipinski definition) is 0. The highest BCUT2D eigenvalue weighted by Gasteiger charge is 2.52. The highest BCUT2D eigenvalue weighted by atomic mass is 16.6. The van der Waals surface area contributed by atoms with Gasteiger partial charge in [0.25, 0.3) is 0 Å². The van der Waals surface area contributed by atoms with Crippen LogP contribution in [0.2, 0.25) is 0 Å². The average Bonchev–Trinajstić information content (AvgIpc) is 2.40. The molecule has 0 bridgehead atoms. The summed E-state index contributed by atoms with van der Waals surface area (Å²) in [7, 11) is 0. The van der Waals surface area contributed by atoms with Crippen molar-refractivity contribution >= 4 is 11.9 Å². The Hall–Kier alpha value is -1.57. The second-order valence-corrected chi connectivity index (χ2v) is 7.80. The molecule has 5 nitrogen and oxygen atoms in total. The van der Waals surface area contributed by atoms with Gasteiger partial charge in [0, 0.05) is 0 Å². The van der Waals surface area contributed by atoms with E-state index in [9.17, 15) is 14.9 Å². The van der Waals surface area contributed by atoms with Crippen molar-refractivity contribution in [3.8, 4) is 6.07 Å². The molecule has 0 saturated carbocycles. The fourth-order valence-corrected chi connectivity index (χ4v) is 2.78. The summed E-state index contributed by atoms with van der Waals surface area (Å²) in [5, 5.41) is 9.92. The summed E-state index contributed by atoms with van der Waals surface area (Å²) in [5.41, 5.74) is -1.52. The molecule has 0 aromatic rings. The molecule has 2 unspecified atom stereocenters. The zero-order valence-electron chi connectivity index (χ0n) is 16.4. The van der Waals surface area contributed by atoms with Crippen molar-refractivity contribution in [1.82, 2.24) is 0 Å². The van der Waals surface area contributed by atoms with Crippen molar-refractivity contribution < 1.29 is 19.1 Å². The zero-order chi connectivity index (χ0) is 19.1. The second-order valence-electron chi connectivity index (χ2n) is 7.80. The van der Waals surface area contributed by atoms with E-state index in [1.165, 1.54) is 0 Å². The number of esters is 2. The van der Waals surface area contributed by atoms with Crippen molar-refractivity contribution in [2.24, 2.45) is 23.2 Å². The van der Waals surface area contributed by atoms with Crippen molar-refractivity contribution in [1.29, 1.82) is 5.26 Å². The molecular formula is C19H33NO4. The van der Waals surface area contributed by atoms with Crippen molar-refractivity contribution in [3.05, 3.63) is 0 Å². The van der Waals surface area contributed by atoms with Crippen LogP contribution in [-0.2, 0) is 19.1 Å². The predicted octanol–water partition coefficient (Wildman–Crippen LogP) is 4.11. The third-order valence-corrected chi connectivity index (χ3v) is 3.58. The molecule has 2 atom stereocenters. The van der Waals surface area contributed by atoms with Crippen LogP contribution >= 0.6 is 0 Å². The van der Waals surface area contributed by atoms with Crippen LogP contribution in [-0.4, -0.2) is 24.1 Å². The highest BCUT2D eigenvalue weighted by Crippen LogP contribution is 2.40. The van der Waals surface area contributed by atoms with Gasteiger partial charge in [-0.1, -0.05) is 27.7 Å². The van der Waals surface area contributed by atoms with Crippen LogP contribution in [0.15, 0.2) is 0 Å². The van der Waals surface area contributed by atoms with E-state index in [0.717, 1.165) is 0 Å². The fourth-order valence-electron chi connectivity index (χ4n) is 2.78.